The van der Waals surface area contributed by atoms with Gasteiger partial charge >= 0.3 is 0 Å². The van der Waals surface area contributed by atoms with Crippen molar-refractivity contribution in [1.82, 2.24) is 20.0 Å². The van der Waals surface area contributed by atoms with Crippen LogP contribution in [0.1, 0.15) is 50.3 Å². The van der Waals surface area contributed by atoms with Crippen molar-refractivity contribution in [1.29, 1.82) is 0 Å². The molecule has 2 fully saturated rings. The van der Waals surface area contributed by atoms with E-state index in [2.05, 4.69) is 35.4 Å². The summed E-state index contributed by atoms with van der Waals surface area (Å²) >= 11 is 0. The predicted molar refractivity (Wildman–Crippen MR) is 81.6 cm³/mol. The van der Waals surface area contributed by atoms with Gasteiger partial charge in [0, 0.05) is 43.5 Å². The molecule has 1 N–H and O–H groups in total. The van der Waals surface area contributed by atoms with Gasteiger partial charge in [-0.05, 0) is 45.6 Å². The lowest BCUT2D eigenvalue weighted by Crippen LogP contribution is -2.48. The van der Waals surface area contributed by atoms with Crippen molar-refractivity contribution in [2.75, 3.05) is 6.54 Å². The van der Waals surface area contributed by atoms with Crippen LogP contribution in [0.15, 0.2) is 6.20 Å². The number of piperidine rings is 1. The highest BCUT2D eigenvalue weighted by molar-refractivity contribution is 5.16. The summed E-state index contributed by atoms with van der Waals surface area (Å²) in [6.07, 6.45) is 8.86. The van der Waals surface area contributed by atoms with E-state index in [1.165, 1.54) is 49.9 Å². The van der Waals surface area contributed by atoms with Crippen LogP contribution in [0, 0.1) is 6.92 Å². The van der Waals surface area contributed by atoms with Crippen LogP contribution in [-0.4, -0.2) is 39.4 Å². The van der Waals surface area contributed by atoms with E-state index in [1.54, 1.807) is 0 Å². The molecule has 3 rings (SSSR count). The maximum atomic E-state index is 4.48. The minimum Gasteiger partial charge on any atom is -0.314 e. The molecular weight excluding hydrogens is 248 g/mol. The molecule has 0 saturated carbocycles. The Hall–Kier alpha value is -0.870. The van der Waals surface area contributed by atoms with Crippen LogP contribution in [0.2, 0.25) is 0 Å². The third-order valence-corrected chi connectivity index (χ3v) is 5.04. The fourth-order valence-electron chi connectivity index (χ4n) is 4.05. The Kier molecular flexibility index (Phi) is 4.13. The first kappa shape index (κ1) is 14.1. The Bertz CT molecular complexity index is 439. The van der Waals surface area contributed by atoms with Crippen LogP contribution >= 0.6 is 0 Å². The van der Waals surface area contributed by atoms with Gasteiger partial charge in [-0.25, -0.2) is 0 Å². The molecule has 4 heteroatoms. The summed E-state index contributed by atoms with van der Waals surface area (Å²) in [6.45, 7) is 6.65. The van der Waals surface area contributed by atoms with Crippen molar-refractivity contribution in [3.8, 4) is 0 Å². The molecule has 112 valence electrons. The van der Waals surface area contributed by atoms with Gasteiger partial charge in [0.25, 0.3) is 0 Å². The summed E-state index contributed by atoms with van der Waals surface area (Å²) in [4.78, 5) is 2.74. The Labute approximate surface area is 122 Å². The van der Waals surface area contributed by atoms with E-state index in [0.29, 0.717) is 0 Å². The van der Waals surface area contributed by atoms with Crippen molar-refractivity contribution in [3.05, 3.63) is 17.5 Å². The Morgan fingerprint density at radius 2 is 2.00 bits per heavy atom. The molecule has 2 atom stereocenters. The van der Waals surface area contributed by atoms with E-state index in [4.69, 9.17) is 0 Å². The fraction of sp³-hybridized carbons (Fsp3) is 0.812. The van der Waals surface area contributed by atoms with Gasteiger partial charge in [-0.3, -0.25) is 9.58 Å². The highest BCUT2D eigenvalue weighted by Gasteiger charge is 2.40. The maximum Gasteiger partial charge on any atom is 0.0638 e. The topological polar surface area (TPSA) is 33.1 Å². The number of aromatic nitrogens is 2. The van der Waals surface area contributed by atoms with Crippen molar-refractivity contribution in [3.63, 3.8) is 0 Å². The molecule has 0 radical (unpaired) electrons. The van der Waals surface area contributed by atoms with E-state index in [0.717, 1.165) is 24.7 Å². The lowest BCUT2D eigenvalue weighted by Gasteiger charge is -2.39. The number of nitrogens with zero attached hydrogens (tertiary/aromatic N) is 3. The minimum atomic E-state index is 0.749. The molecule has 3 heterocycles. The molecule has 4 nitrogen and oxygen atoms in total. The highest BCUT2D eigenvalue weighted by atomic mass is 15.3. The Balaban J connectivity index is 1.63. The van der Waals surface area contributed by atoms with Gasteiger partial charge in [-0.2, -0.15) is 5.10 Å². The zero-order chi connectivity index (χ0) is 14.1. The molecule has 2 unspecified atom stereocenters. The number of nitrogens with one attached hydrogen (secondary N) is 1. The molecule has 2 saturated heterocycles. The summed E-state index contributed by atoms with van der Waals surface area (Å²) < 4.78 is 1.95. The molecule has 0 aliphatic carbocycles. The number of fused-ring (bicyclic) bond motifs is 2. The number of hydrogen-bond acceptors (Lipinski definition) is 3. The van der Waals surface area contributed by atoms with Crippen LogP contribution in [0.4, 0.5) is 0 Å². The second kappa shape index (κ2) is 5.86. The summed E-state index contributed by atoms with van der Waals surface area (Å²) in [6, 6.07) is 2.31. The lowest BCUT2D eigenvalue weighted by molar-refractivity contribution is 0.109. The first-order valence-corrected chi connectivity index (χ1v) is 8.15. The second-order valence-corrected chi connectivity index (χ2v) is 6.59. The number of aryl methyl sites for hydroxylation is 2. The fourth-order valence-corrected chi connectivity index (χ4v) is 4.05. The van der Waals surface area contributed by atoms with E-state index >= 15 is 0 Å². The Morgan fingerprint density at radius 1 is 1.30 bits per heavy atom. The molecule has 0 spiro atoms. The van der Waals surface area contributed by atoms with Gasteiger partial charge in [-0.15, -0.1) is 0 Å². The van der Waals surface area contributed by atoms with E-state index in [9.17, 15) is 0 Å². The average Bonchev–Trinajstić information content (AvgIpc) is 2.84. The molecule has 2 aliphatic heterocycles. The Morgan fingerprint density at radius 3 is 2.55 bits per heavy atom. The zero-order valence-electron chi connectivity index (χ0n) is 13.1. The largest absolute Gasteiger partial charge is 0.314 e. The highest BCUT2D eigenvalue weighted by Crippen LogP contribution is 2.37. The predicted octanol–water partition coefficient (Wildman–Crippen LogP) is 2.22. The van der Waals surface area contributed by atoms with Gasteiger partial charge in [-0.1, -0.05) is 6.92 Å². The molecule has 2 bridgehead atoms. The zero-order valence-corrected chi connectivity index (χ0v) is 13.1. The molecule has 2 aliphatic rings. The summed E-state index contributed by atoms with van der Waals surface area (Å²) in [5, 5.41) is 8.21. The third kappa shape index (κ3) is 2.77. The average molecular weight is 276 g/mol. The standard InChI is InChI=1S/C16H28N4/c1-4-7-17-14-8-15-5-6-16(9-14)20(15)11-13-10-19(3)18-12(13)2/h10,14-17H,4-9,11H2,1-3H3. The van der Waals surface area contributed by atoms with Gasteiger partial charge < -0.3 is 5.32 Å². The van der Waals surface area contributed by atoms with Gasteiger partial charge in [0.05, 0.1) is 5.69 Å². The maximum absolute atomic E-state index is 4.48. The minimum absolute atomic E-state index is 0.749. The summed E-state index contributed by atoms with van der Waals surface area (Å²) in [7, 11) is 2.02. The molecular formula is C16H28N4. The van der Waals surface area contributed by atoms with Crippen molar-refractivity contribution < 1.29 is 0 Å². The van der Waals surface area contributed by atoms with Crippen LogP contribution in [0.25, 0.3) is 0 Å². The molecule has 1 aromatic heterocycles. The summed E-state index contributed by atoms with van der Waals surface area (Å²) in [5.41, 5.74) is 2.60. The molecule has 20 heavy (non-hydrogen) atoms. The van der Waals surface area contributed by atoms with Crippen molar-refractivity contribution in [2.24, 2.45) is 7.05 Å². The van der Waals surface area contributed by atoms with E-state index < -0.39 is 0 Å². The van der Waals surface area contributed by atoms with Crippen LogP contribution in [-0.2, 0) is 13.6 Å². The molecule has 1 aromatic rings. The van der Waals surface area contributed by atoms with Gasteiger partial charge in [0.15, 0.2) is 0 Å². The monoisotopic (exact) mass is 276 g/mol. The second-order valence-electron chi connectivity index (χ2n) is 6.59. The smallest absolute Gasteiger partial charge is 0.0638 e. The summed E-state index contributed by atoms with van der Waals surface area (Å²) in [5.74, 6) is 0. The third-order valence-electron chi connectivity index (χ3n) is 5.04. The van der Waals surface area contributed by atoms with Crippen LogP contribution in [0.3, 0.4) is 0 Å². The SMILES string of the molecule is CCCNC1CC2CCC(C1)N2Cc1cn(C)nc1C. The van der Waals surface area contributed by atoms with E-state index in [1.807, 2.05) is 11.7 Å². The molecule has 0 aromatic carbocycles. The normalized spacial score (nSPS) is 30.1. The van der Waals surface area contributed by atoms with Crippen molar-refractivity contribution in [2.45, 2.75) is 70.6 Å². The van der Waals surface area contributed by atoms with E-state index in [-0.39, 0.29) is 0 Å². The number of rotatable bonds is 5. The first-order chi connectivity index (χ1) is 9.67. The van der Waals surface area contributed by atoms with Crippen LogP contribution < -0.4 is 5.32 Å². The van der Waals surface area contributed by atoms with Crippen LogP contribution in [0.5, 0.6) is 0 Å². The van der Waals surface area contributed by atoms with Gasteiger partial charge in [0.1, 0.15) is 0 Å². The number of hydrogen-bond donors (Lipinski definition) is 1. The quantitative estimate of drug-likeness (QED) is 0.895. The lowest BCUT2D eigenvalue weighted by atomic mass is 9.96. The van der Waals surface area contributed by atoms with Crippen molar-refractivity contribution >= 4 is 0 Å². The van der Waals surface area contributed by atoms with Gasteiger partial charge in [0.2, 0.25) is 0 Å². The first-order valence-electron chi connectivity index (χ1n) is 8.15. The molecule has 0 amide bonds.